The molecule has 0 aliphatic rings. The standard InChI is InChI=1S/C11H15AsO/c1-3-11(12,4-2)9-6-5-7-10(13)8-9/h5-8,13H,3-4H2,1-2H3/q+1. The average molecular weight is 238 g/mol. The summed E-state index contributed by atoms with van der Waals surface area (Å²) in [6.07, 6.45) is 2.15. The van der Waals surface area contributed by atoms with Gasteiger partial charge in [0.05, 0.1) is 0 Å². The summed E-state index contributed by atoms with van der Waals surface area (Å²) in [6.45, 7) is 4.34. The molecular formula is C11H15AsO+. The van der Waals surface area contributed by atoms with Gasteiger partial charge in [0, 0.05) is 0 Å². The predicted octanol–water partition coefficient (Wildman–Crippen LogP) is 2.58. The van der Waals surface area contributed by atoms with Crippen LogP contribution in [0.1, 0.15) is 32.3 Å². The molecular weight excluding hydrogens is 223 g/mol. The molecule has 13 heavy (non-hydrogen) atoms. The van der Waals surface area contributed by atoms with Crippen molar-refractivity contribution in [2.45, 2.75) is 30.9 Å². The third kappa shape index (κ3) is 2.28. The van der Waals surface area contributed by atoms with Gasteiger partial charge in [-0.25, -0.2) is 0 Å². The number of rotatable bonds is 3. The van der Waals surface area contributed by atoms with Gasteiger partial charge in [0.25, 0.3) is 0 Å². The summed E-state index contributed by atoms with van der Waals surface area (Å²) in [7, 11) is 0. The molecule has 0 aromatic heterocycles. The van der Waals surface area contributed by atoms with Gasteiger partial charge < -0.3 is 0 Å². The molecule has 1 aromatic rings. The van der Waals surface area contributed by atoms with E-state index in [1.165, 1.54) is 5.56 Å². The zero-order chi connectivity index (χ0) is 9.90. The van der Waals surface area contributed by atoms with Crippen LogP contribution in [0.2, 0.25) is 0 Å². The van der Waals surface area contributed by atoms with Crippen LogP contribution >= 0.6 is 0 Å². The molecule has 0 amide bonds. The number of hydrogen-bond donors (Lipinski definition) is 1. The van der Waals surface area contributed by atoms with E-state index in [4.69, 9.17) is 0 Å². The van der Waals surface area contributed by atoms with Crippen LogP contribution in [0.25, 0.3) is 0 Å². The van der Waals surface area contributed by atoms with Crippen LogP contribution in [0.15, 0.2) is 24.3 Å². The predicted molar refractivity (Wildman–Crippen MR) is 56.1 cm³/mol. The van der Waals surface area contributed by atoms with Crippen LogP contribution in [-0.2, 0) is 4.20 Å². The Labute approximate surface area is 88.7 Å². The first-order valence-corrected chi connectivity index (χ1v) is 5.58. The second-order valence-corrected chi connectivity index (χ2v) is 5.09. The fraction of sp³-hybridized carbons (Fsp3) is 0.455. The summed E-state index contributed by atoms with van der Waals surface area (Å²) in [5.74, 6) is 0.356. The molecule has 0 spiro atoms. The molecule has 0 fully saturated rings. The first-order valence-electron chi connectivity index (χ1n) is 4.64. The third-order valence-corrected chi connectivity index (χ3v) is 4.42. The number of aromatic hydroxyl groups is 1. The Balaban J connectivity index is 3.05. The Hall–Kier alpha value is -0.422. The van der Waals surface area contributed by atoms with Gasteiger partial charge in [-0.2, -0.15) is 0 Å². The summed E-state index contributed by atoms with van der Waals surface area (Å²) in [5.41, 5.74) is 1.21. The molecule has 0 bridgehead atoms. The zero-order valence-electron chi connectivity index (χ0n) is 8.12. The maximum absolute atomic E-state index is 9.36. The van der Waals surface area contributed by atoms with Crippen molar-refractivity contribution in [3.8, 4) is 5.75 Å². The molecule has 0 heterocycles. The second-order valence-electron chi connectivity index (χ2n) is 3.29. The minimum absolute atomic E-state index is 0.145. The van der Waals surface area contributed by atoms with Crippen molar-refractivity contribution < 1.29 is 5.11 Å². The summed E-state index contributed by atoms with van der Waals surface area (Å²) in [5, 5.41) is 9.36. The Morgan fingerprint density at radius 2 is 1.92 bits per heavy atom. The molecule has 69 valence electrons. The molecule has 0 unspecified atom stereocenters. The quantitative estimate of drug-likeness (QED) is 0.802. The Bertz CT molecular complexity index is 279. The normalized spacial score (nSPS) is 11.6. The summed E-state index contributed by atoms with van der Waals surface area (Å²) in [4.78, 5) is 0. The Morgan fingerprint density at radius 3 is 2.38 bits per heavy atom. The van der Waals surface area contributed by atoms with Crippen molar-refractivity contribution in [2.24, 2.45) is 0 Å². The van der Waals surface area contributed by atoms with Crippen molar-refractivity contribution in [1.29, 1.82) is 0 Å². The van der Waals surface area contributed by atoms with E-state index in [-0.39, 0.29) is 4.20 Å². The molecule has 2 heteroatoms. The van der Waals surface area contributed by atoms with Gasteiger partial charge in [-0.05, 0) is 0 Å². The van der Waals surface area contributed by atoms with Crippen molar-refractivity contribution in [3.63, 3.8) is 0 Å². The van der Waals surface area contributed by atoms with Crippen LogP contribution < -0.4 is 0 Å². The molecule has 0 aliphatic carbocycles. The summed E-state index contributed by atoms with van der Waals surface area (Å²) in [6, 6.07) is 7.54. The summed E-state index contributed by atoms with van der Waals surface area (Å²) >= 11 is 2.73. The van der Waals surface area contributed by atoms with E-state index in [1.807, 2.05) is 12.1 Å². The topological polar surface area (TPSA) is 20.2 Å². The molecule has 0 aliphatic heterocycles. The number of benzene rings is 1. The van der Waals surface area contributed by atoms with Crippen LogP contribution in [-0.4, -0.2) is 22.0 Å². The first kappa shape index (κ1) is 10.7. The molecule has 0 saturated heterocycles. The Morgan fingerprint density at radius 1 is 1.31 bits per heavy atom. The molecule has 1 nitrogen and oxygen atoms in total. The molecule has 1 N–H and O–H groups in total. The van der Waals surface area contributed by atoms with Crippen LogP contribution in [0.5, 0.6) is 5.75 Å². The zero-order valence-corrected chi connectivity index (χ0v) is 9.99. The van der Waals surface area contributed by atoms with Crippen molar-refractivity contribution in [1.82, 2.24) is 0 Å². The van der Waals surface area contributed by atoms with E-state index in [0.29, 0.717) is 5.75 Å². The van der Waals surface area contributed by atoms with Gasteiger partial charge in [-0.1, -0.05) is 0 Å². The van der Waals surface area contributed by atoms with Crippen molar-refractivity contribution in [2.75, 3.05) is 0 Å². The first-order chi connectivity index (χ1) is 6.12. The van der Waals surface area contributed by atoms with Crippen LogP contribution in [0.4, 0.5) is 0 Å². The van der Waals surface area contributed by atoms with Crippen LogP contribution in [0.3, 0.4) is 0 Å². The fourth-order valence-electron chi connectivity index (χ4n) is 1.45. The molecule has 3 radical (unpaired) electrons. The third-order valence-electron chi connectivity index (χ3n) is 2.55. The van der Waals surface area contributed by atoms with E-state index in [1.54, 1.807) is 6.07 Å². The van der Waals surface area contributed by atoms with Crippen molar-refractivity contribution in [3.05, 3.63) is 29.8 Å². The van der Waals surface area contributed by atoms with E-state index in [9.17, 15) is 5.11 Å². The van der Waals surface area contributed by atoms with Gasteiger partial charge in [-0.3, -0.25) is 0 Å². The summed E-state index contributed by atoms with van der Waals surface area (Å²) < 4.78 is 0.145. The van der Waals surface area contributed by atoms with E-state index >= 15 is 0 Å². The van der Waals surface area contributed by atoms with E-state index < -0.39 is 0 Å². The minimum atomic E-state index is 0.145. The molecule has 1 rings (SSSR count). The molecule has 1 aromatic carbocycles. The molecule has 0 saturated carbocycles. The number of phenolic OH excluding ortho intramolecular Hbond substituents is 1. The Kier molecular flexibility index (Phi) is 3.44. The average Bonchev–Trinajstić information content (AvgIpc) is 2.17. The van der Waals surface area contributed by atoms with E-state index in [0.717, 1.165) is 12.8 Å². The van der Waals surface area contributed by atoms with Gasteiger partial charge in [0.2, 0.25) is 0 Å². The van der Waals surface area contributed by atoms with Gasteiger partial charge in [0.15, 0.2) is 0 Å². The number of phenols is 1. The van der Waals surface area contributed by atoms with E-state index in [2.05, 4.69) is 36.8 Å². The van der Waals surface area contributed by atoms with Crippen molar-refractivity contribution >= 4 is 16.9 Å². The molecule has 0 atom stereocenters. The van der Waals surface area contributed by atoms with Gasteiger partial charge in [-0.15, -0.1) is 0 Å². The fourth-order valence-corrected chi connectivity index (χ4v) is 1.75. The van der Waals surface area contributed by atoms with Gasteiger partial charge >= 0.3 is 88.4 Å². The van der Waals surface area contributed by atoms with Crippen LogP contribution in [0, 0.1) is 0 Å². The SMILES string of the molecule is CCC([As+])(CC)c1cccc(O)c1. The monoisotopic (exact) mass is 238 g/mol. The second kappa shape index (κ2) is 4.19. The number of hydrogen-bond acceptors (Lipinski definition) is 1. The van der Waals surface area contributed by atoms with Gasteiger partial charge in [0.1, 0.15) is 0 Å². The maximum atomic E-state index is 9.36.